The lowest BCUT2D eigenvalue weighted by Gasteiger charge is -2.25. The van der Waals surface area contributed by atoms with Crippen molar-refractivity contribution >= 4 is 6.21 Å². The third-order valence-electron chi connectivity index (χ3n) is 3.34. The second-order valence-electron chi connectivity index (χ2n) is 4.48. The van der Waals surface area contributed by atoms with Gasteiger partial charge in [-0.15, -0.1) is 0 Å². The molecule has 1 aliphatic rings. The van der Waals surface area contributed by atoms with E-state index in [4.69, 9.17) is 0 Å². The van der Waals surface area contributed by atoms with Crippen molar-refractivity contribution in [1.29, 1.82) is 0 Å². The minimum Gasteiger partial charge on any atom is -0.317 e. The number of benzene rings is 1. The summed E-state index contributed by atoms with van der Waals surface area (Å²) < 4.78 is 0. The summed E-state index contributed by atoms with van der Waals surface area (Å²) >= 11 is 0. The number of aliphatic imine (C=N–C) groups is 1. The summed E-state index contributed by atoms with van der Waals surface area (Å²) in [5, 5.41) is 3.35. The quantitative estimate of drug-likeness (QED) is 0.772. The molecule has 0 heterocycles. The van der Waals surface area contributed by atoms with Gasteiger partial charge in [0, 0.05) is 12.3 Å². The number of hydrogen-bond acceptors (Lipinski definition) is 2. The molecule has 0 amide bonds. The minimum atomic E-state index is 0.532. The van der Waals surface area contributed by atoms with Gasteiger partial charge in [-0.1, -0.05) is 30.3 Å². The molecule has 0 aromatic heterocycles. The van der Waals surface area contributed by atoms with E-state index in [0.717, 1.165) is 0 Å². The molecule has 1 N–H and O–H groups in total. The van der Waals surface area contributed by atoms with Gasteiger partial charge in [-0.3, -0.25) is 4.99 Å². The second-order valence-corrected chi connectivity index (χ2v) is 4.48. The molecule has 0 unspecified atom stereocenters. The van der Waals surface area contributed by atoms with Gasteiger partial charge in [-0.2, -0.15) is 0 Å². The largest absolute Gasteiger partial charge is 0.317 e. The Morgan fingerprint density at radius 1 is 1.12 bits per heavy atom. The molecule has 1 saturated carbocycles. The van der Waals surface area contributed by atoms with Crippen molar-refractivity contribution in [3.05, 3.63) is 35.9 Å². The van der Waals surface area contributed by atoms with Crippen LogP contribution in [0.25, 0.3) is 0 Å². The molecule has 16 heavy (non-hydrogen) atoms. The molecule has 1 aromatic rings. The molecule has 1 aromatic carbocycles. The topological polar surface area (TPSA) is 24.4 Å². The van der Waals surface area contributed by atoms with E-state index in [0.29, 0.717) is 12.1 Å². The summed E-state index contributed by atoms with van der Waals surface area (Å²) in [7, 11) is 2.05. The van der Waals surface area contributed by atoms with E-state index in [1.54, 1.807) is 0 Å². The maximum absolute atomic E-state index is 4.67. The van der Waals surface area contributed by atoms with Gasteiger partial charge in [0.05, 0.1) is 6.04 Å². The summed E-state index contributed by atoms with van der Waals surface area (Å²) in [5.74, 6) is 0. The van der Waals surface area contributed by atoms with Crippen LogP contribution in [0.15, 0.2) is 35.3 Å². The molecule has 2 heteroatoms. The Balaban J connectivity index is 1.85. The summed E-state index contributed by atoms with van der Waals surface area (Å²) in [4.78, 5) is 4.67. The Morgan fingerprint density at radius 3 is 2.44 bits per heavy atom. The first kappa shape index (κ1) is 11.3. The van der Waals surface area contributed by atoms with E-state index in [1.165, 1.54) is 31.2 Å². The Kier molecular flexibility index (Phi) is 4.11. The van der Waals surface area contributed by atoms with Crippen LogP contribution in [0.4, 0.5) is 0 Å². The van der Waals surface area contributed by atoms with E-state index < -0.39 is 0 Å². The van der Waals surface area contributed by atoms with Crippen LogP contribution in [-0.2, 0) is 0 Å². The summed E-state index contributed by atoms with van der Waals surface area (Å²) in [5.41, 5.74) is 1.21. The Labute approximate surface area is 97.8 Å². The van der Waals surface area contributed by atoms with Crippen molar-refractivity contribution in [2.24, 2.45) is 4.99 Å². The highest BCUT2D eigenvalue weighted by atomic mass is 14.9. The van der Waals surface area contributed by atoms with Crippen LogP contribution in [0.3, 0.4) is 0 Å². The molecule has 86 valence electrons. The fraction of sp³-hybridized carbons (Fsp3) is 0.500. The maximum atomic E-state index is 4.67. The average Bonchev–Trinajstić information content (AvgIpc) is 2.38. The summed E-state index contributed by atoms with van der Waals surface area (Å²) in [6.45, 7) is 0. The van der Waals surface area contributed by atoms with Gasteiger partial charge >= 0.3 is 0 Å². The van der Waals surface area contributed by atoms with Gasteiger partial charge in [0.15, 0.2) is 0 Å². The van der Waals surface area contributed by atoms with Crippen LogP contribution in [0, 0.1) is 0 Å². The van der Waals surface area contributed by atoms with Crippen molar-refractivity contribution in [3.63, 3.8) is 0 Å². The van der Waals surface area contributed by atoms with Crippen LogP contribution in [0.1, 0.15) is 31.2 Å². The number of rotatable bonds is 3. The molecule has 0 aliphatic heterocycles. The zero-order chi connectivity index (χ0) is 11.2. The van der Waals surface area contributed by atoms with Crippen LogP contribution >= 0.6 is 0 Å². The molecule has 0 bridgehead atoms. The Hall–Kier alpha value is -1.15. The molecular formula is C14H20N2. The lowest BCUT2D eigenvalue weighted by Crippen LogP contribution is -2.31. The molecule has 0 saturated heterocycles. The number of hydrogen-bond donors (Lipinski definition) is 1. The molecule has 1 aliphatic carbocycles. The molecule has 0 radical (unpaired) electrons. The van der Waals surface area contributed by atoms with Gasteiger partial charge in [-0.05, 0) is 38.3 Å². The first-order valence-corrected chi connectivity index (χ1v) is 6.14. The third-order valence-corrected chi connectivity index (χ3v) is 3.34. The first-order valence-electron chi connectivity index (χ1n) is 6.14. The highest BCUT2D eigenvalue weighted by Gasteiger charge is 2.18. The van der Waals surface area contributed by atoms with Crippen LogP contribution in [0.5, 0.6) is 0 Å². The third kappa shape index (κ3) is 3.17. The Bertz CT molecular complexity index is 324. The lowest BCUT2D eigenvalue weighted by molar-refractivity contribution is 0.360. The van der Waals surface area contributed by atoms with Gasteiger partial charge in [0.25, 0.3) is 0 Å². The molecule has 2 nitrogen and oxygen atoms in total. The molecule has 1 fully saturated rings. The maximum Gasteiger partial charge on any atom is 0.0501 e. The lowest BCUT2D eigenvalue weighted by atomic mass is 9.92. The Morgan fingerprint density at radius 2 is 1.81 bits per heavy atom. The predicted molar refractivity (Wildman–Crippen MR) is 69.1 cm³/mol. The van der Waals surface area contributed by atoms with Crippen LogP contribution < -0.4 is 5.32 Å². The first-order chi connectivity index (χ1) is 7.88. The van der Waals surface area contributed by atoms with Gasteiger partial charge in [0.2, 0.25) is 0 Å². The van der Waals surface area contributed by atoms with E-state index in [9.17, 15) is 0 Å². The fourth-order valence-electron chi connectivity index (χ4n) is 2.24. The molecule has 2 rings (SSSR count). The van der Waals surface area contributed by atoms with Crippen molar-refractivity contribution in [3.8, 4) is 0 Å². The highest BCUT2D eigenvalue weighted by molar-refractivity contribution is 5.79. The number of nitrogens with zero attached hydrogens (tertiary/aromatic N) is 1. The van der Waals surface area contributed by atoms with Gasteiger partial charge in [0.1, 0.15) is 0 Å². The average molecular weight is 216 g/mol. The second kappa shape index (κ2) is 5.80. The van der Waals surface area contributed by atoms with Crippen LogP contribution in [0.2, 0.25) is 0 Å². The van der Waals surface area contributed by atoms with E-state index in [2.05, 4.69) is 41.6 Å². The fourth-order valence-corrected chi connectivity index (χ4v) is 2.24. The molecular weight excluding hydrogens is 196 g/mol. The highest BCUT2D eigenvalue weighted by Crippen LogP contribution is 2.20. The number of nitrogens with one attached hydrogen (secondary N) is 1. The van der Waals surface area contributed by atoms with Crippen molar-refractivity contribution < 1.29 is 0 Å². The summed E-state index contributed by atoms with van der Waals surface area (Å²) in [6.07, 6.45) is 6.97. The van der Waals surface area contributed by atoms with Crippen molar-refractivity contribution in [1.82, 2.24) is 5.32 Å². The van der Waals surface area contributed by atoms with E-state index in [1.807, 2.05) is 12.3 Å². The normalized spacial score (nSPS) is 26.1. The van der Waals surface area contributed by atoms with Crippen molar-refractivity contribution in [2.45, 2.75) is 37.8 Å². The minimum absolute atomic E-state index is 0.532. The monoisotopic (exact) mass is 216 g/mol. The predicted octanol–water partition coefficient (Wildman–Crippen LogP) is 2.64. The van der Waals surface area contributed by atoms with Gasteiger partial charge < -0.3 is 5.32 Å². The zero-order valence-corrected chi connectivity index (χ0v) is 9.89. The molecule has 0 spiro atoms. The van der Waals surface area contributed by atoms with Crippen LogP contribution in [-0.4, -0.2) is 25.3 Å². The standard InChI is InChI=1S/C14H20N2/c1-15-13-7-9-14(10-8-13)16-11-12-5-3-2-4-6-12/h2-6,11,13-15H,7-10H2,1H3/b16-11+/t13-,14-. The van der Waals surface area contributed by atoms with E-state index >= 15 is 0 Å². The molecule has 0 atom stereocenters. The van der Waals surface area contributed by atoms with Crippen molar-refractivity contribution in [2.75, 3.05) is 7.05 Å². The summed E-state index contributed by atoms with van der Waals surface area (Å²) in [6, 6.07) is 11.6. The smallest absolute Gasteiger partial charge is 0.0501 e. The van der Waals surface area contributed by atoms with Gasteiger partial charge in [-0.25, -0.2) is 0 Å². The van der Waals surface area contributed by atoms with E-state index in [-0.39, 0.29) is 0 Å². The SMILES string of the molecule is CN[C@H]1CC[C@H](/N=C/c2ccccc2)CC1. The zero-order valence-electron chi connectivity index (χ0n) is 9.89.